The van der Waals surface area contributed by atoms with E-state index in [4.69, 9.17) is 9.94 Å². The number of aliphatic hydroxyl groups is 1. The third-order valence-corrected chi connectivity index (χ3v) is 7.75. The highest BCUT2D eigenvalue weighted by Gasteiger charge is 2.58. The third kappa shape index (κ3) is 3.86. The Kier molecular flexibility index (Phi) is 5.92. The fourth-order valence-electron chi connectivity index (χ4n) is 6.12. The van der Waals surface area contributed by atoms with Gasteiger partial charge in [-0.05, 0) is 78.7 Å². The van der Waals surface area contributed by atoms with Gasteiger partial charge in [-0.25, -0.2) is 5.21 Å². The molecule has 3 N–H and O–H groups in total. The van der Waals surface area contributed by atoms with E-state index in [0.29, 0.717) is 24.5 Å². The van der Waals surface area contributed by atoms with Gasteiger partial charge in [0.15, 0.2) is 5.69 Å². The number of aryl methyl sites for hydroxylation is 1. The van der Waals surface area contributed by atoms with Gasteiger partial charge in [-0.1, -0.05) is 39.0 Å². The summed E-state index contributed by atoms with van der Waals surface area (Å²) < 4.78 is 5.73. The molecule has 5 unspecified atom stereocenters. The summed E-state index contributed by atoms with van der Waals surface area (Å²) in [4.78, 5) is 13.5. The lowest BCUT2D eigenvalue weighted by Crippen LogP contribution is -2.99. The number of esters is 1. The zero-order valence-corrected chi connectivity index (χ0v) is 19.2. The molecule has 0 radical (unpaired) electrons. The second kappa shape index (κ2) is 8.27. The van der Waals surface area contributed by atoms with E-state index >= 15 is 0 Å². The molecule has 4 rings (SSSR count). The van der Waals surface area contributed by atoms with E-state index in [1.54, 1.807) is 0 Å². The van der Waals surface area contributed by atoms with Gasteiger partial charge in [0.25, 0.3) is 0 Å². The number of rotatable bonds is 4. The van der Waals surface area contributed by atoms with E-state index in [1.807, 2.05) is 6.92 Å². The van der Waals surface area contributed by atoms with Gasteiger partial charge >= 0.3 is 5.97 Å². The van der Waals surface area contributed by atoms with Gasteiger partial charge in [0.05, 0.1) is 11.5 Å². The minimum absolute atomic E-state index is 0.0431. The van der Waals surface area contributed by atoms with Crippen LogP contribution in [0.2, 0.25) is 0 Å². The number of ether oxygens (including phenoxy) is 1. The molecule has 2 aromatic rings. The lowest BCUT2D eigenvalue weighted by molar-refractivity contribution is -0.991. The van der Waals surface area contributed by atoms with Crippen molar-refractivity contribution in [3.05, 3.63) is 64.4 Å². The molecule has 0 heterocycles. The first-order chi connectivity index (χ1) is 15.0. The van der Waals surface area contributed by atoms with E-state index in [2.05, 4.69) is 39.0 Å². The minimum Gasteiger partial charge on any atom is -0.595 e. The lowest BCUT2D eigenvalue weighted by atomic mass is 9.49. The van der Waals surface area contributed by atoms with E-state index in [-0.39, 0.29) is 23.0 Å². The molecule has 1 saturated carbocycles. The van der Waals surface area contributed by atoms with Crippen LogP contribution in [0.1, 0.15) is 69.6 Å². The Labute approximate surface area is 189 Å². The third-order valence-electron chi connectivity index (χ3n) is 7.75. The number of aliphatic hydroxyl groups excluding tert-OH is 1. The Hall–Kier alpha value is -2.25. The maximum atomic E-state index is 13.5. The molecule has 0 spiro atoms. The predicted molar refractivity (Wildman–Crippen MR) is 121 cm³/mol. The SMILES string of the molecule is CC(C)c1ccc2c(c1)CCC1C(C)(C(=O)Oc3ccc([NH+]([O-])O)cc3)CC(O)CC21C. The molecule has 1 fully saturated rings. The van der Waals surface area contributed by atoms with Crippen molar-refractivity contribution in [2.75, 3.05) is 0 Å². The molecule has 5 atom stereocenters. The summed E-state index contributed by atoms with van der Waals surface area (Å²) in [5.41, 5.74) is 2.86. The van der Waals surface area contributed by atoms with E-state index in [1.165, 1.54) is 41.0 Å². The van der Waals surface area contributed by atoms with Crippen LogP contribution in [0.5, 0.6) is 5.75 Å². The average molecular weight is 440 g/mol. The number of fused-ring (bicyclic) bond motifs is 3. The highest BCUT2D eigenvalue weighted by Crippen LogP contribution is 2.57. The summed E-state index contributed by atoms with van der Waals surface area (Å²) in [6, 6.07) is 12.5. The summed E-state index contributed by atoms with van der Waals surface area (Å²) in [6.07, 6.45) is 2.16. The van der Waals surface area contributed by atoms with Crippen molar-refractivity contribution >= 4 is 11.7 Å². The fraction of sp³-hybridized carbons (Fsp3) is 0.500. The van der Waals surface area contributed by atoms with Gasteiger partial charge in [0.1, 0.15) is 5.75 Å². The molecule has 172 valence electrons. The standard InChI is InChI=1S/C26H33NO5/c1-16(2)17-5-11-22-18(13-17)6-12-23-25(22,3)14-20(28)15-26(23,4)24(29)32-21-9-7-19(8-10-21)27(30)31/h5,7-11,13,16,20,23,27-28,30H,6,12,14-15H2,1-4H3. The topological polar surface area (TPSA) is 94.3 Å². The number of carbonyl (C=O) groups excluding carboxylic acids is 1. The molecular formula is C26H33NO5. The van der Waals surface area contributed by atoms with Crippen molar-refractivity contribution < 1.29 is 25.1 Å². The van der Waals surface area contributed by atoms with Gasteiger partial charge in [0, 0.05) is 12.1 Å². The van der Waals surface area contributed by atoms with Crippen LogP contribution in [0, 0.1) is 16.5 Å². The molecule has 6 nitrogen and oxygen atoms in total. The molecule has 0 saturated heterocycles. The van der Waals surface area contributed by atoms with Crippen LogP contribution in [-0.2, 0) is 16.6 Å². The Morgan fingerprint density at radius 1 is 1.16 bits per heavy atom. The van der Waals surface area contributed by atoms with Gasteiger partial charge in [0.2, 0.25) is 0 Å². The van der Waals surface area contributed by atoms with Crippen LogP contribution in [0.25, 0.3) is 0 Å². The van der Waals surface area contributed by atoms with Crippen LogP contribution >= 0.6 is 0 Å². The van der Waals surface area contributed by atoms with Crippen molar-refractivity contribution in [3.8, 4) is 5.75 Å². The maximum absolute atomic E-state index is 13.5. The second-order valence-corrected chi connectivity index (χ2v) is 10.3. The van der Waals surface area contributed by atoms with Crippen molar-refractivity contribution in [2.24, 2.45) is 11.3 Å². The number of benzene rings is 2. The molecule has 2 aromatic carbocycles. The Bertz CT molecular complexity index is 1000. The van der Waals surface area contributed by atoms with E-state index in [0.717, 1.165) is 12.8 Å². The molecular weight excluding hydrogens is 406 g/mol. The van der Waals surface area contributed by atoms with E-state index in [9.17, 15) is 15.1 Å². The Morgan fingerprint density at radius 3 is 2.47 bits per heavy atom. The van der Waals surface area contributed by atoms with Crippen molar-refractivity contribution in [1.29, 1.82) is 0 Å². The zero-order valence-electron chi connectivity index (χ0n) is 19.2. The van der Waals surface area contributed by atoms with Gasteiger partial charge in [-0.2, -0.15) is 5.23 Å². The molecule has 0 bridgehead atoms. The molecule has 0 aromatic heterocycles. The van der Waals surface area contributed by atoms with E-state index < -0.39 is 16.7 Å². The van der Waals surface area contributed by atoms with Crippen LogP contribution < -0.4 is 9.96 Å². The molecule has 0 amide bonds. The summed E-state index contributed by atoms with van der Waals surface area (Å²) in [5.74, 6) is 0.454. The number of nitrogens with one attached hydrogen (secondary N) is 1. The molecule has 2 aliphatic rings. The highest BCUT2D eigenvalue weighted by molar-refractivity contribution is 5.80. The molecule has 32 heavy (non-hydrogen) atoms. The average Bonchev–Trinajstić information content (AvgIpc) is 2.73. The number of quaternary nitrogens is 1. The highest BCUT2D eigenvalue weighted by atomic mass is 16.8. The zero-order chi connectivity index (χ0) is 23.3. The Balaban J connectivity index is 1.65. The summed E-state index contributed by atoms with van der Waals surface area (Å²) >= 11 is 0. The Morgan fingerprint density at radius 2 is 1.84 bits per heavy atom. The molecule has 6 heteroatoms. The number of carbonyl (C=O) groups is 1. The molecule has 2 aliphatic carbocycles. The van der Waals surface area contributed by atoms with Crippen molar-refractivity contribution in [3.63, 3.8) is 0 Å². The van der Waals surface area contributed by atoms with Gasteiger partial charge in [-0.15, -0.1) is 0 Å². The molecule has 0 aliphatic heterocycles. The quantitative estimate of drug-likeness (QED) is 0.383. The largest absolute Gasteiger partial charge is 0.595 e. The first-order valence-electron chi connectivity index (χ1n) is 11.4. The van der Waals surface area contributed by atoms with Crippen LogP contribution in [0.3, 0.4) is 0 Å². The normalized spacial score (nSPS) is 30.4. The monoisotopic (exact) mass is 439 g/mol. The van der Waals surface area contributed by atoms with Crippen molar-refractivity contribution in [2.45, 2.75) is 70.8 Å². The first kappa shape index (κ1) is 22.9. The summed E-state index contributed by atoms with van der Waals surface area (Å²) in [6.45, 7) is 8.48. The second-order valence-electron chi connectivity index (χ2n) is 10.3. The lowest BCUT2D eigenvalue weighted by Gasteiger charge is -2.55. The minimum atomic E-state index is -1.03. The summed E-state index contributed by atoms with van der Waals surface area (Å²) in [7, 11) is 0. The van der Waals surface area contributed by atoms with Crippen molar-refractivity contribution in [1.82, 2.24) is 0 Å². The van der Waals surface area contributed by atoms with Crippen LogP contribution in [-0.4, -0.2) is 22.4 Å². The van der Waals surface area contributed by atoms with Crippen LogP contribution in [0.4, 0.5) is 5.69 Å². The first-order valence-corrected chi connectivity index (χ1v) is 11.4. The summed E-state index contributed by atoms with van der Waals surface area (Å²) in [5, 5.41) is 30.0. The van der Waals surface area contributed by atoms with Gasteiger partial charge in [-0.3, -0.25) is 4.79 Å². The van der Waals surface area contributed by atoms with Crippen LogP contribution in [0.15, 0.2) is 42.5 Å². The number of hydrogen-bond donors (Lipinski definition) is 3. The number of hydrogen-bond acceptors (Lipinski definition) is 5. The van der Waals surface area contributed by atoms with Gasteiger partial charge < -0.3 is 15.1 Å². The maximum Gasteiger partial charge on any atom is 0.317 e. The predicted octanol–water partition coefficient (Wildman–Crippen LogP) is 3.80. The fourth-order valence-corrected chi connectivity index (χ4v) is 6.12. The smallest absolute Gasteiger partial charge is 0.317 e.